The molecule has 0 N–H and O–H groups in total. The number of hydrogen-bond acceptors (Lipinski definition) is 4. The average molecular weight is 465 g/mol. The van der Waals surface area contributed by atoms with E-state index in [0.29, 0.717) is 18.7 Å². The van der Waals surface area contributed by atoms with Gasteiger partial charge in [0, 0.05) is 24.2 Å². The summed E-state index contributed by atoms with van der Waals surface area (Å²) in [6, 6.07) is 21.4. The first-order valence-corrected chi connectivity index (χ1v) is 11.8. The second-order valence-electron chi connectivity index (χ2n) is 7.71. The van der Waals surface area contributed by atoms with Crippen LogP contribution in [0.25, 0.3) is 0 Å². The summed E-state index contributed by atoms with van der Waals surface area (Å²) in [5.41, 5.74) is 2.69. The molecule has 7 heteroatoms. The van der Waals surface area contributed by atoms with Crippen molar-refractivity contribution in [2.24, 2.45) is 0 Å². The maximum atomic E-state index is 13.7. The lowest BCUT2D eigenvalue weighted by molar-refractivity contribution is -0.116. The number of anilines is 1. The van der Waals surface area contributed by atoms with Crippen LogP contribution >= 0.6 is 11.8 Å². The van der Waals surface area contributed by atoms with E-state index in [2.05, 4.69) is 6.07 Å². The zero-order valence-corrected chi connectivity index (χ0v) is 19.2. The minimum Gasteiger partial charge on any atom is -0.489 e. The fraction of sp³-hybridized carbons (Fsp3) is 0.231. The SMILES string of the molecule is CN(CCOc1ccccc1F)C(=O)c1ccccc1SCC(=O)N1CCc2ccccc21. The Morgan fingerprint density at radius 3 is 2.61 bits per heavy atom. The number of halogens is 1. The van der Waals surface area contributed by atoms with E-state index in [9.17, 15) is 14.0 Å². The molecule has 0 spiro atoms. The van der Waals surface area contributed by atoms with Crippen molar-refractivity contribution in [3.8, 4) is 5.75 Å². The standard InChI is InChI=1S/C26H25FN2O3S/c1-28(16-17-32-23-12-6-4-10-21(23)27)26(31)20-9-3-7-13-24(20)33-18-25(30)29-15-14-19-8-2-5-11-22(19)29/h2-13H,14-18H2,1H3. The van der Waals surface area contributed by atoms with E-state index in [0.717, 1.165) is 17.0 Å². The molecule has 0 saturated heterocycles. The lowest BCUT2D eigenvalue weighted by Crippen LogP contribution is -2.32. The predicted octanol–water partition coefficient (Wildman–Crippen LogP) is 4.66. The summed E-state index contributed by atoms with van der Waals surface area (Å²) >= 11 is 1.37. The molecule has 0 aliphatic carbocycles. The Labute approximate surface area is 197 Å². The molecular weight excluding hydrogens is 439 g/mol. The quantitative estimate of drug-likeness (QED) is 0.455. The molecule has 0 atom stereocenters. The summed E-state index contributed by atoms with van der Waals surface area (Å²) in [5.74, 6) is -0.165. The number of nitrogens with zero attached hydrogens (tertiary/aromatic N) is 2. The Kier molecular flexibility index (Phi) is 7.29. The topological polar surface area (TPSA) is 49.9 Å². The number of likely N-dealkylation sites (N-methyl/N-ethyl adjacent to an activating group) is 1. The largest absolute Gasteiger partial charge is 0.489 e. The minimum absolute atomic E-state index is 0.0267. The van der Waals surface area contributed by atoms with Gasteiger partial charge in [-0.25, -0.2) is 4.39 Å². The van der Waals surface area contributed by atoms with Gasteiger partial charge in [-0.3, -0.25) is 9.59 Å². The van der Waals surface area contributed by atoms with Crippen molar-refractivity contribution in [2.45, 2.75) is 11.3 Å². The van der Waals surface area contributed by atoms with Gasteiger partial charge in [-0.05, 0) is 42.3 Å². The molecule has 0 aromatic heterocycles. The van der Waals surface area contributed by atoms with Crippen molar-refractivity contribution >= 4 is 29.3 Å². The third kappa shape index (κ3) is 5.37. The molecule has 1 aliphatic rings. The molecule has 3 aromatic rings. The molecule has 1 heterocycles. The molecule has 33 heavy (non-hydrogen) atoms. The van der Waals surface area contributed by atoms with Crippen LogP contribution in [0.5, 0.6) is 5.75 Å². The lowest BCUT2D eigenvalue weighted by atomic mass is 10.2. The van der Waals surface area contributed by atoms with Crippen LogP contribution in [0.15, 0.2) is 77.7 Å². The molecule has 0 saturated carbocycles. The van der Waals surface area contributed by atoms with Crippen LogP contribution in [0.2, 0.25) is 0 Å². The molecule has 0 fully saturated rings. The maximum Gasteiger partial charge on any atom is 0.254 e. The molecule has 4 rings (SSSR count). The van der Waals surface area contributed by atoms with Gasteiger partial charge in [0.25, 0.3) is 5.91 Å². The number of rotatable bonds is 8. The molecule has 5 nitrogen and oxygen atoms in total. The summed E-state index contributed by atoms with van der Waals surface area (Å²) in [6.45, 7) is 1.16. The fourth-order valence-electron chi connectivity index (χ4n) is 3.75. The number of carbonyl (C=O) groups is 2. The van der Waals surface area contributed by atoms with E-state index in [1.54, 1.807) is 42.3 Å². The van der Waals surface area contributed by atoms with Gasteiger partial charge < -0.3 is 14.5 Å². The van der Waals surface area contributed by atoms with Crippen molar-refractivity contribution in [1.29, 1.82) is 0 Å². The van der Waals surface area contributed by atoms with Crippen molar-refractivity contribution in [3.05, 3.63) is 89.7 Å². The first kappa shape index (κ1) is 22.9. The Bertz CT molecular complexity index is 1150. The summed E-state index contributed by atoms with van der Waals surface area (Å²) < 4.78 is 19.2. The molecule has 3 aromatic carbocycles. The number of carbonyl (C=O) groups excluding carboxylic acids is 2. The van der Waals surface area contributed by atoms with E-state index in [1.807, 2.05) is 35.2 Å². The van der Waals surface area contributed by atoms with Gasteiger partial charge in [0.1, 0.15) is 6.61 Å². The van der Waals surface area contributed by atoms with Gasteiger partial charge in [-0.2, -0.15) is 0 Å². The molecular formula is C26H25FN2O3S. The second-order valence-corrected chi connectivity index (χ2v) is 8.73. The van der Waals surface area contributed by atoms with Crippen LogP contribution in [0.1, 0.15) is 15.9 Å². The highest BCUT2D eigenvalue weighted by atomic mass is 32.2. The van der Waals surface area contributed by atoms with E-state index < -0.39 is 5.82 Å². The Balaban J connectivity index is 1.35. The number of para-hydroxylation sites is 2. The van der Waals surface area contributed by atoms with Gasteiger partial charge in [-0.1, -0.05) is 42.5 Å². The third-order valence-electron chi connectivity index (χ3n) is 5.52. The first-order chi connectivity index (χ1) is 16.0. The second kappa shape index (κ2) is 10.5. The van der Waals surface area contributed by atoms with Crippen LogP contribution in [-0.2, 0) is 11.2 Å². The van der Waals surface area contributed by atoms with Crippen molar-refractivity contribution in [1.82, 2.24) is 4.90 Å². The van der Waals surface area contributed by atoms with Gasteiger partial charge in [0.2, 0.25) is 5.91 Å². The number of thioether (sulfide) groups is 1. The molecule has 0 unspecified atom stereocenters. The molecule has 170 valence electrons. The highest BCUT2D eigenvalue weighted by molar-refractivity contribution is 8.00. The smallest absolute Gasteiger partial charge is 0.254 e. The highest BCUT2D eigenvalue weighted by Gasteiger charge is 2.24. The minimum atomic E-state index is -0.432. The Morgan fingerprint density at radius 2 is 1.76 bits per heavy atom. The van der Waals surface area contributed by atoms with Crippen molar-refractivity contribution in [3.63, 3.8) is 0 Å². The monoisotopic (exact) mass is 464 g/mol. The van der Waals surface area contributed by atoms with E-state index in [4.69, 9.17) is 4.74 Å². The van der Waals surface area contributed by atoms with Crippen LogP contribution < -0.4 is 9.64 Å². The molecule has 0 bridgehead atoms. The molecule has 0 radical (unpaired) electrons. The number of hydrogen-bond donors (Lipinski definition) is 0. The van der Waals surface area contributed by atoms with Crippen LogP contribution in [0.4, 0.5) is 10.1 Å². The predicted molar refractivity (Wildman–Crippen MR) is 129 cm³/mol. The van der Waals surface area contributed by atoms with E-state index >= 15 is 0 Å². The fourth-order valence-corrected chi connectivity index (χ4v) is 4.67. The molecule has 1 aliphatic heterocycles. The maximum absolute atomic E-state index is 13.7. The summed E-state index contributed by atoms with van der Waals surface area (Å²) in [7, 11) is 1.68. The van der Waals surface area contributed by atoms with Crippen LogP contribution in [0, 0.1) is 5.82 Å². The third-order valence-corrected chi connectivity index (χ3v) is 6.58. The summed E-state index contributed by atoms with van der Waals surface area (Å²) in [5, 5.41) is 0. The number of benzene rings is 3. The average Bonchev–Trinajstić information content (AvgIpc) is 3.28. The van der Waals surface area contributed by atoms with E-state index in [1.165, 1.54) is 23.4 Å². The van der Waals surface area contributed by atoms with Crippen LogP contribution in [0.3, 0.4) is 0 Å². The van der Waals surface area contributed by atoms with E-state index in [-0.39, 0.29) is 29.9 Å². The Hall–Kier alpha value is -3.32. The van der Waals surface area contributed by atoms with Gasteiger partial charge in [-0.15, -0.1) is 11.8 Å². The number of amides is 2. The zero-order chi connectivity index (χ0) is 23.2. The molecule has 2 amide bonds. The lowest BCUT2D eigenvalue weighted by Gasteiger charge is -2.20. The highest BCUT2D eigenvalue weighted by Crippen LogP contribution is 2.30. The first-order valence-electron chi connectivity index (χ1n) is 10.8. The van der Waals surface area contributed by atoms with Gasteiger partial charge in [0.15, 0.2) is 11.6 Å². The number of fused-ring (bicyclic) bond motifs is 1. The number of ether oxygens (including phenoxy) is 1. The van der Waals surface area contributed by atoms with Crippen LogP contribution in [-0.4, -0.2) is 49.2 Å². The van der Waals surface area contributed by atoms with Crippen molar-refractivity contribution < 1.29 is 18.7 Å². The summed E-state index contributed by atoms with van der Waals surface area (Å²) in [6.07, 6.45) is 0.862. The van der Waals surface area contributed by atoms with Gasteiger partial charge in [0.05, 0.1) is 17.9 Å². The summed E-state index contributed by atoms with van der Waals surface area (Å²) in [4.78, 5) is 30.0. The van der Waals surface area contributed by atoms with Gasteiger partial charge >= 0.3 is 0 Å². The zero-order valence-electron chi connectivity index (χ0n) is 18.4. The normalized spacial score (nSPS) is 12.4. The Morgan fingerprint density at radius 1 is 1.03 bits per heavy atom. The van der Waals surface area contributed by atoms with Crippen molar-refractivity contribution in [2.75, 3.05) is 37.4 Å².